The molecule has 2 bridgehead atoms. The minimum atomic E-state index is -0.673. The summed E-state index contributed by atoms with van der Waals surface area (Å²) in [5.74, 6) is 0.0641. The van der Waals surface area contributed by atoms with Gasteiger partial charge in [-0.3, -0.25) is 9.59 Å². The molecule has 0 aromatic carbocycles. The average molecular weight is 196 g/mol. The lowest BCUT2D eigenvalue weighted by Crippen LogP contribution is -2.79. The van der Waals surface area contributed by atoms with E-state index in [1.165, 1.54) is 0 Å². The monoisotopic (exact) mass is 196 g/mol. The molecule has 3 fully saturated rings. The van der Waals surface area contributed by atoms with Gasteiger partial charge in [0.15, 0.2) is 0 Å². The molecule has 0 radical (unpaired) electrons. The molecule has 14 heavy (non-hydrogen) atoms. The van der Waals surface area contributed by atoms with E-state index in [0.29, 0.717) is 0 Å². The molecule has 0 aliphatic carbocycles. The second-order valence-corrected chi connectivity index (χ2v) is 4.87. The van der Waals surface area contributed by atoms with E-state index in [0.717, 1.165) is 12.8 Å². The van der Waals surface area contributed by atoms with Crippen LogP contribution < -0.4 is 10.6 Å². The first-order valence-electron chi connectivity index (χ1n) is 5.06. The summed E-state index contributed by atoms with van der Waals surface area (Å²) < 4.78 is 0. The number of carbonyl (C=O) groups excluding carboxylic acids is 2. The number of amides is 2. The van der Waals surface area contributed by atoms with Crippen LogP contribution in [0.5, 0.6) is 0 Å². The van der Waals surface area contributed by atoms with Gasteiger partial charge in [0, 0.05) is 0 Å². The van der Waals surface area contributed by atoms with Gasteiger partial charge in [-0.15, -0.1) is 0 Å². The summed E-state index contributed by atoms with van der Waals surface area (Å²) in [6.07, 6.45) is 1.49. The van der Waals surface area contributed by atoms with Crippen LogP contribution in [0.25, 0.3) is 0 Å². The lowest BCUT2D eigenvalue weighted by atomic mass is 9.69. The summed E-state index contributed by atoms with van der Waals surface area (Å²) in [6.45, 7) is 5.71. The normalized spacial score (nSPS) is 41.1. The molecule has 0 spiro atoms. The standard InChI is InChI=1S/C10H16N2O2/c1-6(2)10-5-4-9(3,7(13)12-10)11-8(10)14/h6H,4-5H2,1-3H3,(H,11,14)(H,12,13). The van der Waals surface area contributed by atoms with Crippen LogP contribution in [0.15, 0.2) is 0 Å². The molecule has 3 rings (SSSR count). The van der Waals surface area contributed by atoms with Gasteiger partial charge in [0.25, 0.3) is 0 Å². The maximum Gasteiger partial charge on any atom is 0.246 e. The van der Waals surface area contributed by atoms with E-state index >= 15 is 0 Å². The zero-order chi connectivity index (χ0) is 10.6. The van der Waals surface area contributed by atoms with E-state index in [9.17, 15) is 9.59 Å². The van der Waals surface area contributed by atoms with Crippen LogP contribution in [-0.4, -0.2) is 22.9 Å². The fraction of sp³-hybridized carbons (Fsp3) is 0.800. The Morgan fingerprint density at radius 3 is 2.21 bits per heavy atom. The maximum absolute atomic E-state index is 11.8. The highest BCUT2D eigenvalue weighted by Gasteiger charge is 2.58. The zero-order valence-electron chi connectivity index (χ0n) is 8.81. The smallest absolute Gasteiger partial charge is 0.246 e. The molecule has 3 aliphatic heterocycles. The molecule has 3 aliphatic rings. The molecule has 2 atom stereocenters. The Labute approximate surface area is 83.4 Å². The minimum absolute atomic E-state index is 0.0270. The van der Waals surface area contributed by atoms with Gasteiger partial charge in [0.2, 0.25) is 11.8 Å². The van der Waals surface area contributed by atoms with Crippen molar-refractivity contribution in [2.45, 2.75) is 44.7 Å². The van der Waals surface area contributed by atoms with Crippen LogP contribution >= 0.6 is 0 Å². The van der Waals surface area contributed by atoms with Gasteiger partial charge in [-0.25, -0.2) is 0 Å². The molecule has 0 saturated carbocycles. The van der Waals surface area contributed by atoms with E-state index in [-0.39, 0.29) is 17.7 Å². The first kappa shape index (κ1) is 9.49. The van der Waals surface area contributed by atoms with Crippen molar-refractivity contribution in [2.24, 2.45) is 5.92 Å². The number of hydrogen-bond acceptors (Lipinski definition) is 2. The van der Waals surface area contributed by atoms with Crippen LogP contribution in [0, 0.1) is 5.92 Å². The fourth-order valence-electron chi connectivity index (χ4n) is 2.31. The molecule has 2 amide bonds. The molecule has 78 valence electrons. The van der Waals surface area contributed by atoms with Crippen LogP contribution in [0.1, 0.15) is 33.6 Å². The summed E-state index contributed by atoms with van der Waals surface area (Å²) in [7, 11) is 0. The maximum atomic E-state index is 11.8. The van der Waals surface area contributed by atoms with Crippen molar-refractivity contribution in [2.75, 3.05) is 0 Å². The number of rotatable bonds is 1. The van der Waals surface area contributed by atoms with Gasteiger partial charge in [-0.1, -0.05) is 13.8 Å². The summed E-state index contributed by atoms with van der Waals surface area (Å²) in [4.78, 5) is 23.6. The SMILES string of the molecule is CC(C)C12CCC(C)(NC1=O)C(=O)N2. The van der Waals surface area contributed by atoms with Gasteiger partial charge in [-0.05, 0) is 25.7 Å². The second kappa shape index (κ2) is 2.49. The highest BCUT2D eigenvalue weighted by molar-refractivity contribution is 6.03. The van der Waals surface area contributed by atoms with Crippen molar-refractivity contribution in [3.8, 4) is 0 Å². The lowest BCUT2D eigenvalue weighted by Gasteiger charge is -2.52. The van der Waals surface area contributed by atoms with Crippen LogP contribution in [0.4, 0.5) is 0 Å². The Morgan fingerprint density at radius 2 is 1.79 bits per heavy atom. The van der Waals surface area contributed by atoms with Crippen LogP contribution in [0.2, 0.25) is 0 Å². The largest absolute Gasteiger partial charge is 0.340 e. The Morgan fingerprint density at radius 1 is 1.14 bits per heavy atom. The Hall–Kier alpha value is -1.06. The quantitative estimate of drug-likeness (QED) is 0.628. The summed E-state index contributed by atoms with van der Waals surface area (Å²) in [5.41, 5.74) is -1.33. The van der Waals surface area contributed by atoms with Crippen molar-refractivity contribution in [1.29, 1.82) is 0 Å². The van der Waals surface area contributed by atoms with Crippen molar-refractivity contribution in [3.63, 3.8) is 0 Å². The van der Waals surface area contributed by atoms with E-state index in [2.05, 4.69) is 10.6 Å². The molecular weight excluding hydrogens is 180 g/mol. The molecule has 4 nitrogen and oxygen atoms in total. The number of nitrogens with one attached hydrogen (secondary N) is 2. The second-order valence-electron chi connectivity index (χ2n) is 4.87. The number of carbonyl (C=O) groups is 2. The van der Waals surface area contributed by atoms with Crippen molar-refractivity contribution < 1.29 is 9.59 Å². The highest BCUT2D eigenvalue weighted by Crippen LogP contribution is 2.37. The predicted molar refractivity (Wildman–Crippen MR) is 51.5 cm³/mol. The van der Waals surface area contributed by atoms with Crippen molar-refractivity contribution >= 4 is 11.8 Å². The number of piperazine rings is 1. The molecular formula is C10H16N2O2. The van der Waals surface area contributed by atoms with Crippen molar-refractivity contribution in [1.82, 2.24) is 10.6 Å². The van der Waals surface area contributed by atoms with E-state index in [1.807, 2.05) is 13.8 Å². The number of hydrogen-bond donors (Lipinski definition) is 2. The number of fused-ring (bicyclic) bond motifs is 3. The van der Waals surface area contributed by atoms with Gasteiger partial charge in [-0.2, -0.15) is 0 Å². The summed E-state index contributed by atoms with van der Waals surface area (Å²) in [5, 5.41) is 5.68. The third kappa shape index (κ3) is 0.938. The van der Waals surface area contributed by atoms with Crippen LogP contribution in [-0.2, 0) is 9.59 Å². The molecule has 3 heterocycles. The highest BCUT2D eigenvalue weighted by atomic mass is 16.2. The molecule has 3 saturated heterocycles. The van der Waals surface area contributed by atoms with E-state index < -0.39 is 11.1 Å². The Balaban J connectivity index is 2.39. The first-order chi connectivity index (χ1) is 6.41. The first-order valence-corrected chi connectivity index (χ1v) is 5.06. The zero-order valence-corrected chi connectivity index (χ0v) is 8.81. The topological polar surface area (TPSA) is 58.2 Å². The summed E-state index contributed by atoms with van der Waals surface area (Å²) in [6, 6.07) is 0. The molecule has 2 N–H and O–H groups in total. The van der Waals surface area contributed by atoms with Gasteiger partial charge >= 0.3 is 0 Å². The van der Waals surface area contributed by atoms with Gasteiger partial charge in [0.1, 0.15) is 11.1 Å². The Kier molecular flexibility index (Phi) is 1.69. The van der Waals surface area contributed by atoms with Gasteiger partial charge in [0.05, 0.1) is 0 Å². The fourth-order valence-corrected chi connectivity index (χ4v) is 2.31. The average Bonchev–Trinajstić information content (AvgIpc) is 2.08. The number of piperidine rings is 2. The minimum Gasteiger partial charge on any atom is -0.340 e. The van der Waals surface area contributed by atoms with Crippen LogP contribution in [0.3, 0.4) is 0 Å². The van der Waals surface area contributed by atoms with Crippen molar-refractivity contribution in [3.05, 3.63) is 0 Å². The molecule has 0 aromatic heterocycles. The summed E-state index contributed by atoms with van der Waals surface area (Å²) >= 11 is 0. The third-order valence-electron chi connectivity index (χ3n) is 3.64. The van der Waals surface area contributed by atoms with E-state index in [1.54, 1.807) is 6.92 Å². The third-order valence-corrected chi connectivity index (χ3v) is 3.64. The Bertz CT molecular complexity index is 313. The molecule has 4 heteroatoms. The van der Waals surface area contributed by atoms with E-state index in [4.69, 9.17) is 0 Å². The predicted octanol–water partition coefficient (Wildman–Crippen LogP) is 0.180. The molecule has 2 unspecified atom stereocenters. The molecule has 0 aromatic rings. The lowest BCUT2D eigenvalue weighted by molar-refractivity contribution is -0.154. The van der Waals surface area contributed by atoms with Gasteiger partial charge < -0.3 is 10.6 Å².